The van der Waals surface area contributed by atoms with Crippen molar-refractivity contribution in [3.63, 3.8) is 0 Å². The number of para-hydroxylation sites is 1. The lowest BCUT2D eigenvalue weighted by Gasteiger charge is -2.26. The van der Waals surface area contributed by atoms with Gasteiger partial charge in [0.05, 0.1) is 38.1 Å². The number of benzene rings is 2. The number of ketones is 1. The summed E-state index contributed by atoms with van der Waals surface area (Å²) in [5.74, 6) is -0.299. The van der Waals surface area contributed by atoms with Crippen molar-refractivity contribution in [3.05, 3.63) is 95.3 Å². The summed E-state index contributed by atoms with van der Waals surface area (Å²) in [6, 6.07) is 16.6. The molecule has 0 bridgehead atoms. The van der Waals surface area contributed by atoms with E-state index in [4.69, 9.17) is 18.3 Å². The molecule has 3 heterocycles. The van der Waals surface area contributed by atoms with Gasteiger partial charge in [-0.25, -0.2) is 0 Å². The van der Waals surface area contributed by atoms with Crippen LogP contribution in [0.4, 0.5) is 0 Å². The molecule has 1 amide bonds. The Balaban J connectivity index is 1.59. The average Bonchev–Trinajstić information content (AvgIpc) is 3.62. The Morgan fingerprint density at radius 2 is 1.94 bits per heavy atom. The molecule has 0 radical (unpaired) electrons. The van der Waals surface area contributed by atoms with E-state index in [0.29, 0.717) is 40.4 Å². The van der Waals surface area contributed by atoms with Crippen LogP contribution < -0.4 is 9.47 Å². The lowest BCUT2D eigenvalue weighted by Crippen LogP contribution is -2.30. The molecule has 8 nitrogen and oxygen atoms in total. The van der Waals surface area contributed by atoms with E-state index in [1.54, 1.807) is 54.6 Å². The number of Topliss-reactive ketones (excluding diaryl/α,β-unsaturated/α-hetero) is 1. The quantitative estimate of drug-likeness (QED) is 0.307. The number of hydrogen-bond acceptors (Lipinski definition) is 7. The van der Waals surface area contributed by atoms with E-state index in [-0.39, 0.29) is 17.9 Å². The number of amides is 1. The van der Waals surface area contributed by atoms with E-state index < -0.39 is 23.5 Å². The number of furan rings is 2. The number of hydrogen-bond donors (Lipinski definition) is 1. The summed E-state index contributed by atoms with van der Waals surface area (Å²) in [5.41, 5.74) is 0.952. The maximum atomic E-state index is 13.8. The first kappa shape index (κ1) is 23.3. The normalized spacial score (nSPS) is 15.7. The molecule has 0 saturated carbocycles. The molecular weight excluding hydrogens is 462 g/mol. The minimum Gasteiger partial charge on any atom is -0.503 e. The Morgan fingerprint density at radius 3 is 2.69 bits per heavy atom. The Labute approximate surface area is 207 Å². The highest BCUT2D eigenvalue weighted by atomic mass is 16.5. The Bertz CT molecular complexity index is 1450. The minimum absolute atomic E-state index is 0.00733. The van der Waals surface area contributed by atoms with Crippen LogP contribution in [0.25, 0.3) is 11.0 Å². The molecule has 0 fully saturated rings. The van der Waals surface area contributed by atoms with Crippen LogP contribution in [0.1, 0.15) is 41.3 Å². The number of ether oxygens (including phenoxy) is 2. The van der Waals surface area contributed by atoms with Gasteiger partial charge in [0, 0.05) is 5.39 Å². The van der Waals surface area contributed by atoms with E-state index in [1.165, 1.54) is 18.3 Å². The molecule has 5 rings (SSSR count). The van der Waals surface area contributed by atoms with Gasteiger partial charge >= 0.3 is 0 Å². The third kappa shape index (κ3) is 4.11. The zero-order chi connectivity index (χ0) is 25.2. The van der Waals surface area contributed by atoms with Crippen LogP contribution in [0, 0.1) is 0 Å². The summed E-state index contributed by atoms with van der Waals surface area (Å²) in [7, 11) is 1.51. The van der Waals surface area contributed by atoms with Crippen molar-refractivity contribution in [2.45, 2.75) is 25.9 Å². The van der Waals surface area contributed by atoms with Crippen LogP contribution in [0.5, 0.6) is 11.5 Å². The number of nitrogens with zero attached hydrogens (tertiary/aromatic N) is 1. The number of aliphatic hydroxyl groups excluding tert-OH is 1. The molecule has 0 aliphatic carbocycles. The summed E-state index contributed by atoms with van der Waals surface area (Å²) >= 11 is 0. The monoisotopic (exact) mass is 487 g/mol. The molecule has 8 heteroatoms. The van der Waals surface area contributed by atoms with E-state index in [2.05, 4.69) is 0 Å². The first-order chi connectivity index (χ1) is 17.5. The number of aliphatic hydroxyl groups is 1. The fourth-order valence-corrected chi connectivity index (χ4v) is 4.40. The summed E-state index contributed by atoms with van der Waals surface area (Å²) in [5, 5.41) is 11.6. The van der Waals surface area contributed by atoms with Gasteiger partial charge in [-0.2, -0.15) is 0 Å². The number of methoxy groups -OCH3 is 1. The summed E-state index contributed by atoms with van der Waals surface area (Å²) in [6.07, 6.45) is 2.34. The fourth-order valence-electron chi connectivity index (χ4n) is 4.40. The number of carbonyl (C=O) groups is 2. The topological polar surface area (TPSA) is 102 Å². The van der Waals surface area contributed by atoms with Crippen molar-refractivity contribution in [2.24, 2.45) is 0 Å². The molecule has 0 saturated heterocycles. The van der Waals surface area contributed by atoms with Gasteiger partial charge < -0.3 is 28.3 Å². The molecule has 184 valence electrons. The number of carbonyl (C=O) groups excluding carboxylic acids is 2. The van der Waals surface area contributed by atoms with Crippen LogP contribution in [0.2, 0.25) is 0 Å². The second-order valence-corrected chi connectivity index (χ2v) is 8.42. The lowest BCUT2D eigenvalue weighted by molar-refractivity contribution is -0.130. The standard InChI is InChI=1S/C28H25NO7/c1-3-12-34-19-9-4-7-17(14-19)24-23(26(31)28(32)29(24)16-20-10-6-13-35-20)25(30)22-15-18-8-5-11-21(33-2)27(18)36-22/h4-11,13-15,24,31H,3,12,16H2,1-2H3. The maximum Gasteiger partial charge on any atom is 0.290 e. The molecular formula is C28H25NO7. The highest BCUT2D eigenvalue weighted by Gasteiger charge is 2.45. The van der Waals surface area contributed by atoms with E-state index in [0.717, 1.165) is 6.42 Å². The molecule has 1 unspecified atom stereocenters. The van der Waals surface area contributed by atoms with Crippen molar-refractivity contribution in [3.8, 4) is 11.5 Å². The summed E-state index contributed by atoms with van der Waals surface area (Å²) < 4.78 is 22.4. The molecule has 2 aromatic carbocycles. The maximum absolute atomic E-state index is 13.8. The van der Waals surface area contributed by atoms with E-state index in [9.17, 15) is 14.7 Å². The van der Waals surface area contributed by atoms with Crippen LogP contribution in [-0.4, -0.2) is 35.4 Å². The predicted octanol–water partition coefficient (Wildman–Crippen LogP) is 5.60. The zero-order valence-corrected chi connectivity index (χ0v) is 19.9. The van der Waals surface area contributed by atoms with Crippen LogP contribution in [0.15, 0.2) is 87.1 Å². The lowest BCUT2D eigenvalue weighted by atomic mass is 9.94. The molecule has 1 atom stereocenters. The van der Waals surface area contributed by atoms with Crippen LogP contribution in [-0.2, 0) is 11.3 Å². The molecule has 4 aromatic rings. The molecule has 36 heavy (non-hydrogen) atoms. The van der Waals surface area contributed by atoms with Gasteiger partial charge in [-0.3, -0.25) is 9.59 Å². The first-order valence-electron chi connectivity index (χ1n) is 11.6. The summed E-state index contributed by atoms with van der Waals surface area (Å²) in [4.78, 5) is 28.4. The second kappa shape index (κ2) is 9.65. The van der Waals surface area contributed by atoms with E-state index in [1.807, 2.05) is 13.0 Å². The Morgan fingerprint density at radius 1 is 1.11 bits per heavy atom. The number of fused-ring (bicyclic) bond motifs is 1. The van der Waals surface area contributed by atoms with Crippen LogP contribution in [0.3, 0.4) is 0 Å². The van der Waals surface area contributed by atoms with E-state index >= 15 is 0 Å². The first-order valence-corrected chi connectivity index (χ1v) is 11.6. The van der Waals surface area contributed by atoms with Crippen molar-refractivity contribution >= 4 is 22.7 Å². The molecule has 0 spiro atoms. The average molecular weight is 488 g/mol. The second-order valence-electron chi connectivity index (χ2n) is 8.42. The smallest absolute Gasteiger partial charge is 0.290 e. The van der Waals surface area contributed by atoms with Crippen molar-refractivity contribution in [2.75, 3.05) is 13.7 Å². The molecule has 1 aliphatic rings. The molecule has 1 aliphatic heterocycles. The van der Waals surface area contributed by atoms with Gasteiger partial charge in [0.15, 0.2) is 22.9 Å². The van der Waals surface area contributed by atoms with Crippen LogP contribution >= 0.6 is 0 Å². The Kier molecular flexibility index (Phi) is 6.25. The van der Waals surface area contributed by atoms with Gasteiger partial charge in [0.2, 0.25) is 5.78 Å². The highest BCUT2D eigenvalue weighted by Crippen LogP contribution is 2.41. The largest absolute Gasteiger partial charge is 0.503 e. The Hall–Kier alpha value is -4.46. The van der Waals surface area contributed by atoms with Gasteiger partial charge in [-0.1, -0.05) is 31.2 Å². The van der Waals surface area contributed by atoms with Gasteiger partial charge in [-0.05, 0) is 48.4 Å². The fraction of sp³-hybridized carbons (Fsp3) is 0.214. The SMILES string of the molecule is CCCOc1cccc(C2C(C(=O)c3cc4cccc(OC)c4o3)=C(O)C(=O)N2Cc2ccco2)c1. The molecule has 1 N–H and O–H groups in total. The van der Waals surface area contributed by atoms with Gasteiger partial charge in [0.25, 0.3) is 5.91 Å². The summed E-state index contributed by atoms with van der Waals surface area (Å²) in [6.45, 7) is 2.59. The highest BCUT2D eigenvalue weighted by molar-refractivity contribution is 6.16. The predicted molar refractivity (Wildman–Crippen MR) is 131 cm³/mol. The number of rotatable bonds is 9. The van der Waals surface area contributed by atoms with Crippen molar-refractivity contribution in [1.82, 2.24) is 4.90 Å². The molecule has 2 aromatic heterocycles. The van der Waals surface area contributed by atoms with Crippen molar-refractivity contribution in [1.29, 1.82) is 0 Å². The minimum atomic E-state index is -0.879. The third-order valence-corrected chi connectivity index (χ3v) is 6.05. The van der Waals surface area contributed by atoms with Crippen molar-refractivity contribution < 1.29 is 33.0 Å². The zero-order valence-electron chi connectivity index (χ0n) is 19.9. The third-order valence-electron chi connectivity index (χ3n) is 6.05. The van der Waals surface area contributed by atoms with Gasteiger partial charge in [0.1, 0.15) is 11.5 Å². The van der Waals surface area contributed by atoms with Gasteiger partial charge in [-0.15, -0.1) is 0 Å².